The number of nitrogens with one attached hydrogen (secondary N) is 1. The zero-order valence-electron chi connectivity index (χ0n) is 11.7. The van der Waals surface area contributed by atoms with Crippen LogP contribution in [-0.2, 0) is 6.54 Å². The van der Waals surface area contributed by atoms with E-state index in [4.69, 9.17) is 0 Å². The first-order chi connectivity index (χ1) is 9.35. The van der Waals surface area contributed by atoms with Crippen molar-refractivity contribution in [1.82, 2.24) is 20.4 Å². The molecule has 0 bridgehead atoms. The molecule has 2 aliphatic rings. The number of hydrogen-bond donors (Lipinski definition) is 1. The van der Waals surface area contributed by atoms with Gasteiger partial charge < -0.3 is 15.1 Å². The second-order valence-electron chi connectivity index (χ2n) is 5.46. The first-order valence-corrected chi connectivity index (χ1v) is 7.38. The molecule has 2 heterocycles. The number of hydrogen-bond acceptors (Lipinski definition) is 5. The standard InChI is InChI=1S/C14H23N5/c1-2-18-7-9-19(10-8-18)14-6-5-13(16-17-14)11-15-12-3-4-12/h5-6,12,15H,2-4,7-11H2,1H3. The molecule has 1 aromatic rings. The SMILES string of the molecule is CCN1CCN(c2ccc(CNC3CC3)nn2)CC1. The van der Waals surface area contributed by atoms with Crippen molar-refractivity contribution in [3.05, 3.63) is 17.8 Å². The molecule has 1 aliphatic carbocycles. The predicted molar refractivity (Wildman–Crippen MR) is 76.2 cm³/mol. The van der Waals surface area contributed by atoms with E-state index in [0.717, 1.165) is 56.8 Å². The Bertz CT molecular complexity index is 393. The van der Waals surface area contributed by atoms with Crippen LogP contribution >= 0.6 is 0 Å². The molecule has 0 aromatic carbocycles. The minimum atomic E-state index is 0.726. The summed E-state index contributed by atoms with van der Waals surface area (Å²) in [5.41, 5.74) is 1.04. The minimum Gasteiger partial charge on any atom is -0.353 e. The Kier molecular flexibility index (Phi) is 3.94. The fraction of sp³-hybridized carbons (Fsp3) is 0.714. The molecule has 19 heavy (non-hydrogen) atoms. The quantitative estimate of drug-likeness (QED) is 0.852. The molecule has 0 radical (unpaired) electrons. The lowest BCUT2D eigenvalue weighted by molar-refractivity contribution is 0.270. The fourth-order valence-electron chi connectivity index (χ4n) is 2.45. The summed E-state index contributed by atoms with van der Waals surface area (Å²) >= 11 is 0. The van der Waals surface area contributed by atoms with Gasteiger partial charge in [0.05, 0.1) is 5.69 Å². The third-order valence-corrected chi connectivity index (χ3v) is 4.00. The monoisotopic (exact) mass is 261 g/mol. The van der Waals surface area contributed by atoms with Gasteiger partial charge in [-0.15, -0.1) is 5.10 Å². The summed E-state index contributed by atoms with van der Waals surface area (Å²) in [5.74, 6) is 1.02. The predicted octanol–water partition coefficient (Wildman–Crippen LogP) is 0.870. The minimum absolute atomic E-state index is 0.726. The van der Waals surface area contributed by atoms with Crippen LogP contribution in [0, 0.1) is 0 Å². The van der Waals surface area contributed by atoms with Crippen LogP contribution in [0.15, 0.2) is 12.1 Å². The topological polar surface area (TPSA) is 44.3 Å². The normalized spacial score (nSPS) is 20.8. The first-order valence-electron chi connectivity index (χ1n) is 7.38. The van der Waals surface area contributed by atoms with Crippen molar-refractivity contribution in [2.45, 2.75) is 32.4 Å². The summed E-state index contributed by atoms with van der Waals surface area (Å²) in [6.45, 7) is 8.58. The van der Waals surface area contributed by atoms with Gasteiger partial charge in [0.25, 0.3) is 0 Å². The number of aromatic nitrogens is 2. The smallest absolute Gasteiger partial charge is 0.151 e. The maximum absolute atomic E-state index is 4.37. The molecule has 0 atom stereocenters. The Labute approximate surface area is 115 Å². The molecule has 5 heteroatoms. The van der Waals surface area contributed by atoms with Crippen molar-refractivity contribution in [2.75, 3.05) is 37.6 Å². The van der Waals surface area contributed by atoms with E-state index in [1.165, 1.54) is 12.8 Å². The molecule has 1 aromatic heterocycles. The summed E-state index contributed by atoms with van der Waals surface area (Å²) in [6.07, 6.45) is 2.63. The number of likely N-dealkylation sites (N-methyl/N-ethyl adjacent to an activating group) is 1. The van der Waals surface area contributed by atoms with Gasteiger partial charge in [0, 0.05) is 38.8 Å². The molecule has 1 aliphatic heterocycles. The van der Waals surface area contributed by atoms with Crippen LogP contribution in [0.25, 0.3) is 0 Å². The largest absolute Gasteiger partial charge is 0.353 e. The highest BCUT2D eigenvalue weighted by atomic mass is 15.3. The van der Waals surface area contributed by atoms with Gasteiger partial charge in [-0.2, -0.15) is 5.10 Å². The molecule has 2 fully saturated rings. The number of nitrogens with zero attached hydrogens (tertiary/aromatic N) is 4. The van der Waals surface area contributed by atoms with E-state index in [0.29, 0.717) is 0 Å². The molecule has 0 amide bonds. The summed E-state index contributed by atoms with van der Waals surface area (Å²) in [5, 5.41) is 12.2. The molecule has 104 valence electrons. The zero-order chi connectivity index (χ0) is 13.1. The molecule has 0 spiro atoms. The summed E-state index contributed by atoms with van der Waals surface area (Å²) in [7, 11) is 0. The summed E-state index contributed by atoms with van der Waals surface area (Å²) in [6, 6.07) is 4.94. The molecule has 1 N–H and O–H groups in total. The molecule has 1 saturated heterocycles. The lowest BCUT2D eigenvalue weighted by atomic mass is 10.3. The van der Waals surface area contributed by atoms with Crippen molar-refractivity contribution in [3.63, 3.8) is 0 Å². The Morgan fingerprint density at radius 2 is 1.95 bits per heavy atom. The number of rotatable bonds is 5. The van der Waals surface area contributed by atoms with Gasteiger partial charge in [0.15, 0.2) is 5.82 Å². The van der Waals surface area contributed by atoms with Gasteiger partial charge in [0.2, 0.25) is 0 Å². The number of anilines is 1. The Hall–Kier alpha value is -1.20. The van der Waals surface area contributed by atoms with E-state index in [1.807, 2.05) is 0 Å². The molecule has 0 unspecified atom stereocenters. The van der Waals surface area contributed by atoms with Gasteiger partial charge in [-0.25, -0.2) is 0 Å². The van der Waals surface area contributed by atoms with Crippen molar-refractivity contribution in [1.29, 1.82) is 0 Å². The third-order valence-electron chi connectivity index (χ3n) is 4.00. The maximum atomic E-state index is 4.37. The van der Waals surface area contributed by atoms with E-state index in [-0.39, 0.29) is 0 Å². The third kappa shape index (κ3) is 3.42. The van der Waals surface area contributed by atoms with Gasteiger partial charge in [-0.05, 0) is 31.5 Å². The Morgan fingerprint density at radius 3 is 2.53 bits per heavy atom. The van der Waals surface area contributed by atoms with Crippen molar-refractivity contribution in [2.24, 2.45) is 0 Å². The second kappa shape index (κ2) is 5.84. The Morgan fingerprint density at radius 1 is 1.16 bits per heavy atom. The van der Waals surface area contributed by atoms with E-state index < -0.39 is 0 Å². The maximum Gasteiger partial charge on any atom is 0.151 e. The first kappa shape index (κ1) is 12.8. The molecule has 5 nitrogen and oxygen atoms in total. The lowest BCUT2D eigenvalue weighted by Gasteiger charge is -2.34. The summed E-state index contributed by atoms with van der Waals surface area (Å²) < 4.78 is 0. The molecule has 3 rings (SSSR count). The van der Waals surface area contributed by atoms with E-state index in [1.54, 1.807) is 0 Å². The van der Waals surface area contributed by atoms with Gasteiger partial charge in [-0.1, -0.05) is 6.92 Å². The zero-order valence-corrected chi connectivity index (χ0v) is 11.7. The van der Waals surface area contributed by atoms with E-state index >= 15 is 0 Å². The van der Waals surface area contributed by atoms with Crippen LogP contribution in [-0.4, -0.2) is 53.9 Å². The van der Waals surface area contributed by atoms with Crippen molar-refractivity contribution >= 4 is 5.82 Å². The van der Waals surface area contributed by atoms with Crippen LogP contribution in [0.2, 0.25) is 0 Å². The summed E-state index contributed by atoms with van der Waals surface area (Å²) in [4.78, 5) is 4.80. The van der Waals surface area contributed by atoms with Crippen LogP contribution in [0.5, 0.6) is 0 Å². The van der Waals surface area contributed by atoms with E-state index in [9.17, 15) is 0 Å². The highest BCUT2D eigenvalue weighted by Gasteiger charge is 2.20. The molecule has 1 saturated carbocycles. The Balaban J connectivity index is 1.53. The van der Waals surface area contributed by atoms with Crippen LogP contribution in [0.3, 0.4) is 0 Å². The van der Waals surface area contributed by atoms with Crippen LogP contribution in [0.4, 0.5) is 5.82 Å². The van der Waals surface area contributed by atoms with Crippen molar-refractivity contribution < 1.29 is 0 Å². The van der Waals surface area contributed by atoms with E-state index in [2.05, 4.69) is 44.4 Å². The highest BCUT2D eigenvalue weighted by Crippen LogP contribution is 2.19. The lowest BCUT2D eigenvalue weighted by Crippen LogP contribution is -2.46. The number of piperazine rings is 1. The van der Waals surface area contributed by atoms with Gasteiger partial charge in [0.1, 0.15) is 0 Å². The molecular weight excluding hydrogens is 238 g/mol. The fourth-order valence-corrected chi connectivity index (χ4v) is 2.45. The average molecular weight is 261 g/mol. The van der Waals surface area contributed by atoms with Crippen molar-refractivity contribution in [3.8, 4) is 0 Å². The van der Waals surface area contributed by atoms with Crippen LogP contribution in [0.1, 0.15) is 25.5 Å². The molecular formula is C14H23N5. The van der Waals surface area contributed by atoms with Crippen LogP contribution < -0.4 is 10.2 Å². The van der Waals surface area contributed by atoms with Gasteiger partial charge >= 0.3 is 0 Å². The second-order valence-corrected chi connectivity index (χ2v) is 5.46. The average Bonchev–Trinajstić information content (AvgIpc) is 3.30. The van der Waals surface area contributed by atoms with Gasteiger partial charge in [-0.3, -0.25) is 0 Å². The highest BCUT2D eigenvalue weighted by molar-refractivity contribution is 5.37.